The second-order valence-corrected chi connectivity index (χ2v) is 3.53. The van der Waals surface area contributed by atoms with E-state index in [-0.39, 0.29) is 0 Å². The summed E-state index contributed by atoms with van der Waals surface area (Å²) in [6.07, 6.45) is -0.748. The highest BCUT2D eigenvalue weighted by atomic mass is 32.1. The van der Waals surface area contributed by atoms with E-state index in [1.807, 2.05) is 24.3 Å². The normalized spacial score (nSPS) is 10.3. The maximum atomic E-state index is 12.0. The van der Waals surface area contributed by atoms with Crippen LogP contribution in [-0.2, 0) is 0 Å². The molecular weight excluding hydrogens is 190 g/mol. The largest absolute Gasteiger partial charge is 0.270 e. The van der Waals surface area contributed by atoms with Crippen LogP contribution < -0.4 is 0 Å². The van der Waals surface area contributed by atoms with Crippen molar-refractivity contribution in [3.8, 4) is 0 Å². The first-order chi connectivity index (χ1) is 6.27. The van der Waals surface area contributed by atoms with Gasteiger partial charge in [0.25, 0.3) is 6.08 Å². The van der Waals surface area contributed by atoms with Crippen molar-refractivity contribution in [2.24, 2.45) is 0 Å². The third kappa shape index (κ3) is 1.60. The molecule has 0 saturated carbocycles. The summed E-state index contributed by atoms with van der Waals surface area (Å²) in [5, 5.41) is 2.63. The zero-order valence-corrected chi connectivity index (χ0v) is 7.44. The van der Waals surface area contributed by atoms with Crippen molar-refractivity contribution in [3.05, 3.63) is 41.3 Å². The van der Waals surface area contributed by atoms with E-state index in [4.69, 9.17) is 0 Å². The molecule has 3 heteroatoms. The van der Waals surface area contributed by atoms with Crippen molar-refractivity contribution in [3.63, 3.8) is 0 Å². The molecule has 0 amide bonds. The molecule has 0 radical (unpaired) electrons. The van der Waals surface area contributed by atoms with Gasteiger partial charge in [0, 0.05) is 10.8 Å². The number of rotatable bonds is 1. The maximum absolute atomic E-state index is 12.0. The van der Waals surface area contributed by atoms with Crippen molar-refractivity contribution in [2.45, 2.75) is 0 Å². The van der Waals surface area contributed by atoms with Crippen LogP contribution in [0.3, 0.4) is 0 Å². The summed E-state index contributed by atoms with van der Waals surface area (Å²) in [4.78, 5) is 0. The molecule has 2 aromatic rings. The van der Waals surface area contributed by atoms with Crippen molar-refractivity contribution in [1.82, 2.24) is 0 Å². The molecule has 1 heterocycles. The first kappa shape index (κ1) is 8.38. The molecule has 0 saturated heterocycles. The lowest BCUT2D eigenvalue weighted by atomic mass is 10.2. The van der Waals surface area contributed by atoms with Crippen LogP contribution in [-0.4, -0.2) is 0 Å². The van der Waals surface area contributed by atoms with E-state index in [0.717, 1.165) is 16.2 Å². The Morgan fingerprint density at radius 3 is 2.77 bits per heavy atom. The quantitative estimate of drug-likeness (QED) is 0.643. The number of hydrogen-bond acceptors (Lipinski definition) is 1. The van der Waals surface area contributed by atoms with Gasteiger partial charge in [0.2, 0.25) is 0 Å². The third-order valence-electron chi connectivity index (χ3n) is 1.78. The standard InChI is InChI=1S/C10H6F2S/c11-10(12)5-7-6-13-9-4-2-1-3-8(7)9/h1-6H. The molecule has 0 N–H and O–H groups in total. The van der Waals surface area contributed by atoms with Crippen LogP contribution in [0.1, 0.15) is 5.56 Å². The summed E-state index contributed by atoms with van der Waals surface area (Å²) >= 11 is 1.48. The Balaban J connectivity index is 2.65. The summed E-state index contributed by atoms with van der Waals surface area (Å²) in [6, 6.07) is 7.52. The van der Waals surface area contributed by atoms with Crippen LogP contribution in [0, 0.1) is 0 Å². The smallest absolute Gasteiger partial charge is 0.173 e. The fraction of sp³-hybridized carbons (Fsp3) is 0. The molecule has 2 rings (SSSR count). The van der Waals surface area contributed by atoms with Gasteiger partial charge in [-0.1, -0.05) is 18.2 Å². The highest BCUT2D eigenvalue weighted by Crippen LogP contribution is 2.27. The SMILES string of the molecule is FC(F)=Cc1csc2ccccc12. The molecule has 66 valence electrons. The minimum atomic E-state index is -1.65. The van der Waals surface area contributed by atoms with E-state index < -0.39 is 6.08 Å². The van der Waals surface area contributed by atoms with E-state index in [2.05, 4.69) is 0 Å². The van der Waals surface area contributed by atoms with Crippen LogP contribution in [0.5, 0.6) is 0 Å². The van der Waals surface area contributed by atoms with E-state index in [9.17, 15) is 8.78 Å². The van der Waals surface area contributed by atoms with Gasteiger partial charge in [-0.3, -0.25) is 0 Å². The molecule has 0 fully saturated rings. The van der Waals surface area contributed by atoms with Crippen LogP contribution in [0.25, 0.3) is 16.2 Å². The van der Waals surface area contributed by atoms with E-state index in [1.165, 1.54) is 11.3 Å². The van der Waals surface area contributed by atoms with Gasteiger partial charge in [0.15, 0.2) is 0 Å². The van der Waals surface area contributed by atoms with Crippen molar-refractivity contribution in [2.75, 3.05) is 0 Å². The molecule has 0 nitrogen and oxygen atoms in total. The van der Waals surface area contributed by atoms with Gasteiger partial charge >= 0.3 is 0 Å². The second kappa shape index (κ2) is 3.26. The molecule has 0 bridgehead atoms. The summed E-state index contributed by atoms with van der Waals surface area (Å²) in [5.74, 6) is 0. The van der Waals surface area contributed by atoms with Gasteiger partial charge in [-0.15, -0.1) is 11.3 Å². The van der Waals surface area contributed by atoms with E-state index in [1.54, 1.807) is 5.38 Å². The minimum absolute atomic E-state index is 0.598. The van der Waals surface area contributed by atoms with Gasteiger partial charge in [0.1, 0.15) is 0 Å². The van der Waals surface area contributed by atoms with Gasteiger partial charge < -0.3 is 0 Å². The highest BCUT2D eigenvalue weighted by molar-refractivity contribution is 7.17. The molecule has 13 heavy (non-hydrogen) atoms. The number of hydrogen-bond donors (Lipinski definition) is 0. The zero-order valence-electron chi connectivity index (χ0n) is 6.63. The zero-order chi connectivity index (χ0) is 9.26. The maximum Gasteiger partial charge on any atom is 0.270 e. The average molecular weight is 196 g/mol. The van der Waals surface area contributed by atoms with Crippen molar-refractivity contribution >= 4 is 27.5 Å². The third-order valence-corrected chi connectivity index (χ3v) is 2.76. The summed E-state index contributed by atoms with van der Waals surface area (Å²) in [5.41, 5.74) is 0.598. The molecule has 0 aliphatic rings. The Kier molecular flexibility index (Phi) is 2.10. The fourth-order valence-corrected chi connectivity index (χ4v) is 2.15. The Hall–Kier alpha value is -1.22. The lowest BCUT2D eigenvalue weighted by Gasteiger charge is -1.89. The van der Waals surface area contributed by atoms with Crippen molar-refractivity contribution in [1.29, 1.82) is 0 Å². The molecule has 0 unspecified atom stereocenters. The molecule has 0 aliphatic heterocycles. The Morgan fingerprint density at radius 1 is 1.23 bits per heavy atom. The van der Waals surface area contributed by atoms with Gasteiger partial charge in [-0.2, -0.15) is 8.78 Å². The van der Waals surface area contributed by atoms with Crippen molar-refractivity contribution < 1.29 is 8.78 Å². The summed E-state index contributed by atoms with van der Waals surface area (Å²) in [6.45, 7) is 0. The van der Waals surface area contributed by atoms with Gasteiger partial charge in [-0.25, -0.2) is 0 Å². The van der Waals surface area contributed by atoms with Crippen LogP contribution in [0.2, 0.25) is 0 Å². The lowest BCUT2D eigenvalue weighted by Crippen LogP contribution is -1.67. The van der Waals surface area contributed by atoms with Gasteiger partial charge in [0.05, 0.1) is 0 Å². The first-order valence-corrected chi connectivity index (χ1v) is 4.64. The minimum Gasteiger partial charge on any atom is -0.173 e. The summed E-state index contributed by atoms with van der Waals surface area (Å²) < 4.78 is 25.0. The lowest BCUT2D eigenvalue weighted by molar-refractivity contribution is 0.429. The molecule has 0 aliphatic carbocycles. The van der Waals surface area contributed by atoms with E-state index in [0.29, 0.717) is 5.56 Å². The van der Waals surface area contributed by atoms with Gasteiger partial charge in [-0.05, 0) is 22.4 Å². The Labute approximate surface area is 78.1 Å². The average Bonchev–Trinajstić information content (AvgIpc) is 2.48. The molecule has 1 aromatic carbocycles. The van der Waals surface area contributed by atoms with E-state index >= 15 is 0 Å². The molecule has 0 spiro atoms. The predicted octanol–water partition coefficient (Wildman–Crippen LogP) is 4.14. The van der Waals surface area contributed by atoms with Crippen LogP contribution >= 0.6 is 11.3 Å². The number of halogens is 2. The first-order valence-electron chi connectivity index (χ1n) is 3.76. The van der Waals surface area contributed by atoms with Crippen LogP contribution in [0.15, 0.2) is 35.7 Å². The molecular formula is C10H6F2S. The topological polar surface area (TPSA) is 0 Å². The summed E-state index contributed by atoms with van der Waals surface area (Å²) in [7, 11) is 0. The Morgan fingerprint density at radius 2 is 2.00 bits per heavy atom. The molecule has 0 atom stereocenters. The highest BCUT2D eigenvalue weighted by Gasteiger charge is 2.01. The number of benzene rings is 1. The fourth-order valence-electron chi connectivity index (χ4n) is 1.23. The number of fused-ring (bicyclic) bond motifs is 1. The van der Waals surface area contributed by atoms with Crippen LogP contribution in [0.4, 0.5) is 8.78 Å². The molecule has 1 aromatic heterocycles. The second-order valence-electron chi connectivity index (χ2n) is 2.62. The Bertz CT molecular complexity index is 453. The predicted molar refractivity (Wildman–Crippen MR) is 52.0 cm³/mol. The number of thiophene rings is 1. The monoisotopic (exact) mass is 196 g/mol.